The molecule has 1 fully saturated rings. The van der Waals surface area contributed by atoms with Gasteiger partial charge in [-0.05, 0) is 6.42 Å². The summed E-state index contributed by atoms with van der Waals surface area (Å²) < 4.78 is 11.1. The molecule has 90 valence electrons. The van der Waals surface area contributed by atoms with Gasteiger partial charge in [0.15, 0.2) is 0 Å². The average Bonchev–Trinajstić information content (AvgIpc) is 2.78. The number of thiazole rings is 1. The van der Waals surface area contributed by atoms with Gasteiger partial charge in [0.1, 0.15) is 0 Å². The highest BCUT2D eigenvalue weighted by atomic mass is 32.1. The molecule has 1 atom stereocenters. The Hall–Kier alpha value is -0.490. The second-order valence-electron chi connectivity index (χ2n) is 3.80. The third-order valence-electron chi connectivity index (χ3n) is 2.46. The Labute approximate surface area is 100.0 Å². The lowest BCUT2D eigenvalue weighted by Gasteiger charge is -2.23. The topological polar surface area (TPSA) is 43.4 Å². The van der Waals surface area contributed by atoms with Crippen molar-refractivity contribution in [3.63, 3.8) is 0 Å². The van der Waals surface area contributed by atoms with Gasteiger partial charge < -0.3 is 14.8 Å². The summed E-state index contributed by atoms with van der Waals surface area (Å²) in [5, 5.41) is 6.52. The first-order valence-electron chi connectivity index (χ1n) is 5.72. The molecule has 0 amide bonds. The highest BCUT2D eigenvalue weighted by Crippen LogP contribution is 2.11. The summed E-state index contributed by atoms with van der Waals surface area (Å²) in [4.78, 5) is 4.45. The van der Waals surface area contributed by atoms with Crippen LogP contribution < -0.4 is 5.32 Å². The Morgan fingerprint density at radius 1 is 1.69 bits per heavy atom. The number of hydrogen-bond acceptors (Lipinski definition) is 5. The van der Waals surface area contributed by atoms with E-state index >= 15 is 0 Å². The zero-order valence-electron chi connectivity index (χ0n) is 9.57. The summed E-state index contributed by atoms with van der Waals surface area (Å²) in [6, 6.07) is 0. The number of rotatable bonds is 5. The summed E-state index contributed by atoms with van der Waals surface area (Å²) in [7, 11) is 0. The largest absolute Gasteiger partial charge is 0.373 e. The molecule has 1 aliphatic rings. The summed E-state index contributed by atoms with van der Waals surface area (Å²) >= 11 is 1.70. The van der Waals surface area contributed by atoms with Gasteiger partial charge in [-0.15, -0.1) is 11.3 Å². The van der Waals surface area contributed by atoms with Crippen LogP contribution in [0, 0.1) is 0 Å². The van der Waals surface area contributed by atoms with Crippen molar-refractivity contribution in [1.29, 1.82) is 0 Å². The van der Waals surface area contributed by atoms with Crippen molar-refractivity contribution in [2.45, 2.75) is 26.1 Å². The minimum atomic E-state index is 0.193. The van der Waals surface area contributed by atoms with Crippen molar-refractivity contribution in [3.05, 3.63) is 16.1 Å². The maximum absolute atomic E-state index is 5.60. The van der Waals surface area contributed by atoms with Gasteiger partial charge in [-0.1, -0.05) is 6.92 Å². The molecule has 5 heteroatoms. The van der Waals surface area contributed by atoms with Crippen LogP contribution in [0.3, 0.4) is 0 Å². The lowest BCUT2D eigenvalue weighted by molar-refractivity contribution is -0.0362. The van der Waals surface area contributed by atoms with Crippen LogP contribution in [0.5, 0.6) is 0 Å². The Balaban J connectivity index is 1.66. The van der Waals surface area contributed by atoms with E-state index in [9.17, 15) is 0 Å². The van der Waals surface area contributed by atoms with Crippen LogP contribution in [-0.4, -0.2) is 37.4 Å². The van der Waals surface area contributed by atoms with Crippen LogP contribution in [0.2, 0.25) is 0 Å². The third-order valence-corrected chi connectivity index (χ3v) is 3.50. The van der Waals surface area contributed by atoms with E-state index < -0.39 is 0 Å². The van der Waals surface area contributed by atoms with Crippen molar-refractivity contribution < 1.29 is 9.47 Å². The molecular formula is C11H18N2O2S. The Morgan fingerprint density at radius 2 is 2.62 bits per heavy atom. The molecule has 2 rings (SSSR count). The van der Waals surface area contributed by atoms with Crippen molar-refractivity contribution in [2.24, 2.45) is 0 Å². The highest BCUT2D eigenvalue weighted by molar-refractivity contribution is 7.09. The second-order valence-corrected chi connectivity index (χ2v) is 4.74. The molecule has 2 heterocycles. The molecule has 0 bridgehead atoms. The predicted molar refractivity (Wildman–Crippen MR) is 63.8 cm³/mol. The van der Waals surface area contributed by atoms with E-state index in [0.29, 0.717) is 13.2 Å². The van der Waals surface area contributed by atoms with Crippen molar-refractivity contribution in [2.75, 3.05) is 26.3 Å². The number of morpholine rings is 1. The van der Waals surface area contributed by atoms with Crippen LogP contribution in [0.4, 0.5) is 0 Å². The molecule has 0 aromatic carbocycles. The van der Waals surface area contributed by atoms with Gasteiger partial charge in [-0.2, -0.15) is 0 Å². The van der Waals surface area contributed by atoms with E-state index in [4.69, 9.17) is 9.47 Å². The van der Waals surface area contributed by atoms with E-state index in [1.165, 1.54) is 5.01 Å². The first-order valence-corrected chi connectivity index (χ1v) is 6.59. The monoisotopic (exact) mass is 242 g/mol. The normalized spacial score (nSPS) is 21.2. The van der Waals surface area contributed by atoms with Gasteiger partial charge in [0.05, 0.1) is 36.6 Å². The number of aromatic nitrogens is 1. The molecule has 16 heavy (non-hydrogen) atoms. The van der Waals surface area contributed by atoms with E-state index in [-0.39, 0.29) is 6.10 Å². The summed E-state index contributed by atoms with van der Waals surface area (Å²) in [6.45, 7) is 5.97. The minimum Gasteiger partial charge on any atom is -0.373 e. The quantitative estimate of drug-likeness (QED) is 0.843. The Morgan fingerprint density at radius 3 is 3.31 bits per heavy atom. The second kappa shape index (κ2) is 6.30. The summed E-state index contributed by atoms with van der Waals surface area (Å²) in [5.41, 5.74) is 1.03. The summed E-state index contributed by atoms with van der Waals surface area (Å²) in [6.07, 6.45) is 1.19. The number of nitrogens with zero attached hydrogens (tertiary/aromatic N) is 1. The van der Waals surface area contributed by atoms with Crippen LogP contribution in [0.25, 0.3) is 0 Å². The van der Waals surface area contributed by atoms with Gasteiger partial charge in [0.25, 0.3) is 0 Å². The van der Waals surface area contributed by atoms with Gasteiger partial charge in [-0.3, -0.25) is 0 Å². The Kier molecular flexibility index (Phi) is 4.71. The molecule has 0 radical (unpaired) electrons. The van der Waals surface area contributed by atoms with Crippen LogP contribution in [0.1, 0.15) is 17.6 Å². The molecule has 1 aromatic rings. The SMILES string of the molecule is CCc1nc(COCC2CNCCO2)cs1. The zero-order chi connectivity index (χ0) is 11.2. The lowest BCUT2D eigenvalue weighted by atomic mass is 10.3. The number of nitrogens with one attached hydrogen (secondary N) is 1. The van der Waals surface area contributed by atoms with Gasteiger partial charge in [0, 0.05) is 18.5 Å². The van der Waals surface area contributed by atoms with Crippen molar-refractivity contribution >= 4 is 11.3 Å². The van der Waals surface area contributed by atoms with Crippen LogP contribution >= 0.6 is 11.3 Å². The van der Waals surface area contributed by atoms with Gasteiger partial charge >= 0.3 is 0 Å². The van der Waals surface area contributed by atoms with Crippen LogP contribution in [0.15, 0.2) is 5.38 Å². The van der Waals surface area contributed by atoms with Gasteiger partial charge in [0.2, 0.25) is 0 Å². The molecule has 1 N–H and O–H groups in total. The van der Waals surface area contributed by atoms with E-state index in [2.05, 4.69) is 22.6 Å². The first kappa shape index (κ1) is 12.0. The predicted octanol–water partition coefficient (Wildman–Crippen LogP) is 1.21. The molecule has 1 unspecified atom stereocenters. The fraction of sp³-hybridized carbons (Fsp3) is 0.727. The van der Waals surface area contributed by atoms with E-state index in [1.54, 1.807) is 11.3 Å². The van der Waals surface area contributed by atoms with Crippen molar-refractivity contribution in [3.8, 4) is 0 Å². The number of aryl methyl sites for hydroxylation is 1. The van der Waals surface area contributed by atoms with Crippen molar-refractivity contribution in [1.82, 2.24) is 10.3 Å². The highest BCUT2D eigenvalue weighted by Gasteiger charge is 2.13. The molecule has 0 saturated carbocycles. The molecule has 4 nitrogen and oxygen atoms in total. The fourth-order valence-corrected chi connectivity index (χ4v) is 2.33. The summed E-state index contributed by atoms with van der Waals surface area (Å²) in [5.74, 6) is 0. The molecular weight excluding hydrogens is 224 g/mol. The van der Waals surface area contributed by atoms with E-state index in [1.807, 2.05) is 0 Å². The van der Waals surface area contributed by atoms with Gasteiger partial charge in [-0.25, -0.2) is 4.98 Å². The molecule has 1 aromatic heterocycles. The maximum atomic E-state index is 5.60. The zero-order valence-corrected chi connectivity index (χ0v) is 10.4. The van der Waals surface area contributed by atoms with Crippen LogP contribution in [-0.2, 0) is 22.5 Å². The lowest BCUT2D eigenvalue weighted by Crippen LogP contribution is -2.40. The molecule has 1 aliphatic heterocycles. The average molecular weight is 242 g/mol. The smallest absolute Gasteiger partial charge is 0.0933 e. The standard InChI is InChI=1S/C11H18N2O2S/c1-2-11-13-9(8-16-11)6-14-7-10-5-12-3-4-15-10/h8,10,12H,2-7H2,1H3. The first-order chi connectivity index (χ1) is 7.88. The number of ether oxygens (including phenoxy) is 2. The molecule has 0 aliphatic carbocycles. The minimum absolute atomic E-state index is 0.193. The Bertz CT molecular complexity index is 311. The third kappa shape index (κ3) is 3.52. The fourth-order valence-electron chi connectivity index (χ4n) is 1.60. The molecule has 0 spiro atoms. The number of hydrogen-bond donors (Lipinski definition) is 1. The molecule has 1 saturated heterocycles. The maximum Gasteiger partial charge on any atom is 0.0933 e. The van der Waals surface area contributed by atoms with E-state index in [0.717, 1.165) is 31.8 Å².